The normalized spacial score (nSPS) is 11.9. The average Bonchev–Trinajstić information content (AvgIpc) is 3.13. The molecule has 0 heterocycles. The third-order valence-corrected chi connectivity index (χ3v) is 5.83. The summed E-state index contributed by atoms with van der Waals surface area (Å²) < 4.78 is 5.48. The number of fused-ring (bicyclic) bond motifs is 3. The summed E-state index contributed by atoms with van der Waals surface area (Å²) >= 11 is 12.4. The van der Waals surface area contributed by atoms with Gasteiger partial charge < -0.3 is 9.84 Å². The molecule has 0 aromatic heterocycles. The summed E-state index contributed by atoms with van der Waals surface area (Å²) in [6, 6.07) is 18.4. The van der Waals surface area contributed by atoms with Crippen molar-refractivity contribution in [2.24, 2.45) is 0 Å². The Labute approximate surface area is 204 Å². The fourth-order valence-electron chi connectivity index (χ4n) is 3.78. The number of aliphatic carboxylic acids is 1. The largest absolute Gasteiger partial charge is 0.479 e. The van der Waals surface area contributed by atoms with Crippen LogP contribution in [0.25, 0.3) is 11.1 Å². The predicted molar refractivity (Wildman–Crippen MR) is 126 cm³/mol. The van der Waals surface area contributed by atoms with Crippen molar-refractivity contribution in [2.45, 2.75) is 5.92 Å². The summed E-state index contributed by atoms with van der Waals surface area (Å²) in [5.41, 5.74) is 6.42. The van der Waals surface area contributed by atoms with Crippen LogP contribution in [0.2, 0.25) is 10.0 Å². The second-order valence-corrected chi connectivity index (χ2v) is 8.19. The Kier molecular flexibility index (Phi) is 7.02. The maximum absolute atomic E-state index is 12.5. The van der Waals surface area contributed by atoms with Crippen LogP contribution < -0.4 is 10.8 Å². The summed E-state index contributed by atoms with van der Waals surface area (Å²) in [4.78, 5) is 39.6. The second-order valence-electron chi connectivity index (χ2n) is 7.38. The number of anilines is 1. The lowest BCUT2D eigenvalue weighted by Crippen LogP contribution is -2.26. The molecule has 0 aliphatic heterocycles. The summed E-state index contributed by atoms with van der Waals surface area (Å²) in [5.74, 6) is -2.11. The Balaban J connectivity index is 1.42. The van der Waals surface area contributed by atoms with E-state index in [0.717, 1.165) is 22.3 Å². The molecule has 0 unspecified atom stereocenters. The van der Waals surface area contributed by atoms with Gasteiger partial charge in [-0.05, 0) is 34.4 Å². The number of carboxylic acid groups (broad SMARTS) is 1. The molecule has 1 aliphatic carbocycles. The highest BCUT2D eigenvalue weighted by Crippen LogP contribution is 2.44. The first-order valence-electron chi connectivity index (χ1n) is 10.1. The molecule has 0 atom stereocenters. The van der Waals surface area contributed by atoms with E-state index in [1.54, 1.807) is 0 Å². The lowest BCUT2D eigenvalue weighted by Gasteiger charge is -2.16. The van der Waals surface area contributed by atoms with E-state index in [4.69, 9.17) is 33.0 Å². The molecule has 174 valence electrons. The van der Waals surface area contributed by atoms with Crippen molar-refractivity contribution in [2.75, 3.05) is 18.5 Å². The molecule has 3 aromatic rings. The Morgan fingerprint density at radius 2 is 1.47 bits per heavy atom. The number of benzene rings is 3. The van der Waals surface area contributed by atoms with E-state index in [9.17, 15) is 14.4 Å². The minimum absolute atomic E-state index is 0.00982. The van der Waals surface area contributed by atoms with Crippen LogP contribution in [0, 0.1) is 0 Å². The van der Waals surface area contributed by atoms with E-state index in [0.29, 0.717) is 0 Å². The molecule has 0 saturated carbocycles. The smallest absolute Gasteiger partial charge is 0.411 e. The highest BCUT2D eigenvalue weighted by atomic mass is 35.5. The maximum atomic E-state index is 12.5. The molecule has 1 aliphatic rings. The highest BCUT2D eigenvalue weighted by Gasteiger charge is 2.29. The first kappa shape index (κ1) is 23.6. The minimum atomic E-state index is -1.25. The first-order chi connectivity index (χ1) is 16.3. The standard InChI is InChI=1S/C24H18Cl2N2O6/c25-19-9-13(23(31)28-34-12-21(29)30)10-20(26)22(19)27-24(32)33-11-18-16-7-3-1-5-14(16)15-6-2-4-8-17(15)18/h1-10,18H,11-12H2,(H,27,32)(H,28,31)(H,29,30). The highest BCUT2D eigenvalue weighted by molar-refractivity contribution is 6.40. The zero-order chi connectivity index (χ0) is 24.2. The first-order valence-corrected chi connectivity index (χ1v) is 10.9. The molecular formula is C24H18Cl2N2O6. The SMILES string of the molecule is O=C(O)CONC(=O)c1cc(Cl)c(NC(=O)OCC2c3ccccc3-c3ccccc32)c(Cl)c1. The number of hydroxylamine groups is 1. The van der Waals surface area contributed by atoms with Crippen LogP contribution in [0.4, 0.5) is 10.5 Å². The monoisotopic (exact) mass is 500 g/mol. The van der Waals surface area contributed by atoms with Crippen LogP contribution in [0.1, 0.15) is 27.4 Å². The lowest BCUT2D eigenvalue weighted by atomic mass is 9.98. The fraction of sp³-hybridized carbons (Fsp3) is 0.125. The Morgan fingerprint density at radius 1 is 0.912 bits per heavy atom. The number of rotatable bonds is 7. The number of carbonyl (C=O) groups excluding carboxylic acids is 2. The zero-order valence-electron chi connectivity index (χ0n) is 17.5. The molecule has 0 saturated heterocycles. The molecule has 8 nitrogen and oxygen atoms in total. The number of amides is 2. The lowest BCUT2D eigenvalue weighted by molar-refractivity contribution is -0.144. The van der Waals surface area contributed by atoms with Crippen LogP contribution >= 0.6 is 23.2 Å². The van der Waals surface area contributed by atoms with Crippen molar-refractivity contribution in [3.05, 3.63) is 87.4 Å². The topological polar surface area (TPSA) is 114 Å². The van der Waals surface area contributed by atoms with Gasteiger partial charge >= 0.3 is 12.1 Å². The van der Waals surface area contributed by atoms with Gasteiger partial charge in [-0.25, -0.2) is 15.1 Å². The second kappa shape index (κ2) is 10.1. The van der Waals surface area contributed by atoms with Gasteiger partial charge in [0, 0.05) is 11.5 Å². The Bertz CT molecular complexity index is 1210. The number of nitrogens with one attached hydrogen (secondary N) is 2. The van der Waals surface area contributed by atoms with E-state index in [2.05, 4.69) is 10.2 Å². The Morgan fingerprint density at radius 3 is 2.03 bits per heavy atom. The summed E-state index contributed by atoms with van der Waals surface area (Å²) in [5, 5.41) is 11.0. The molecule has 3 aromatic carbocycles. The molecule has 4 rings (SSSR count). The maximum Gasteiger partial charge on any atom is 0.411 e. The van der Waals surface area contributed by atoms with Crippen molar-refractivity contribution >= 4 is 46.9 Å². The summed E-state index contributed by atoms with van der Waals surface area (Å²) in [7, 11) is 0. The molecule has 0 spiro atoms. The predicted octanol–water partition coefficient (Wildman–Crippen LogP) is 5.10. The van der Waals surface area contributed by atoms with Crippen molar-refractivity contribution in [1.29, 1.82) is 0 Å². The van der Waals surface area contributed by atoms with Gasteiger partial charge in [-0.15, -0.1) is 0 Å². The number of carboxylic acids is 1. The molecule has 0 bridgehead atoms. The van der Waals surface area contributed by atoms with Crippen LogP contribution in [0.3, 0.4) is 0 Å². The van der Waals surface area contributed by atoms with Crippen molar-refractivity contribution in [1.82, 2.24) is 5.48 Å². The van der Waals surface area contributed by atoms with Gasteiger partial charge in [-0.1, -0.05) is 71.7 Å². The van der Waals surface area contributed by atoms with Crippen LogP contribution in [-0.2, 0) is 14.4 Å². The van der Waals surface area contributed by atoms with Gasteiger partial charge in [-0.3, -0.25) is 14.9 Å². The van der Waals surface area contributed by atoms with Gasteiger partial charge in [0.2, 0.25) is 0 Å². The van der Waals surface area contributed by atoms with E-state index in [-0.39, 0.29) is 33.8 Å². The van der Waals surface area contributed by atoms with Crippen molar-refractivity contribution in [3.63, 3.8) is 0 Å². The molecule has 3 N–H and O–H groups in total. The van der Waals surface area contributed by atoms with Gasteiger partial charge in [0.15, 0.2) is 6.61 Å². The summed E-state index contributed by atoms with van der Waals surface area (Å²) in [6.07, 6.45) is -0.757. The average molecular weight is 501 g/mol. The number of halogens is 2. The zero-order valence-corrected chi connectivity index (χ0v) is 19.0. The van der Waals surface area contributed by atoms with E-state index < -0.39 is 24.6 Å². The summed E-state index contributed by atoms with van der Waals surface area (Å²) in [6.45, 7) is -0.606. The van der Waals surface area contributed by atoms with Gasteiger partial charge in [0.05, 0.1) is 15.7 Å². The number of hydrogen-bond donors (Lipinski definition) is 3. The van der Waals surface area contributed by atoms with Crippen molar-refractivity contribution < 1.29 is 29.1 Å². The van der Waals surface area contributed by atoms with Crippen LogP contribution in [0.5, 0.6) is 0 Å². The van der Waals surface area contributed by atoms with Crippen molar-refractivity contribution in [3.8, 4) is 11.1 Å². The van der Waals surface area contributed by atoms with Gasteiger partial charge in [-0.2, -0.15) is 0 Å². The van der Waals surface area contributed by atoms with Gasteiger partial charge in [0.25, 0.3) is 5.91 Å². The molecule has 0 radical (unpaired) electrons. The fourth-order valence-corrected chi connectivity index (χ4v) is 4.36. The third-order valence-electron chi connectivity index (χ3n) is 5.24. The quantitative estimate of drug-likeness (QED) is 0.388. The third kappa shape index (κ3) is 4.99. The van der Waals surface area contributed by atoms with E-state index in [1.165, 1.54) is 12.1 Å². The number of hydrogen-bond acceptors (Lipinski definition) is 5. The van der Waals surface area contributed by atoms with E-state index >= 15 is 0 Å². The van der Waals surface area contributed by atoms with E-state index in [1.807, 2.05) is 54.0 Å². The number of carbonyl (C=O) groups is 3. The molecule has 34 heavy (non-hydrogen) atoms. The van der Waals surface area contributed by atoms with Gasteiger partial charge in [0.1, 0.15) is 6.61 Å². The van der Waals surface area contributed by atoms with Crippen LogP contribution in [-0.4, -0.2) is 36.3 Å². The Hall–Kier alpha value is -3.59. The molecule has 2 amide bonds. The van der Waals surface area contributed by atoms with Crippen LogP contribution in [0.15, 0.2) is 60.7 Å². The molecule has 0 fully saturated rings. The minimum Gasteiger partial charge on any atom is -0.479 e. The molecule has 10 heteroatoms. The molecular weight excluding hydrogens is 483 g/mol. The number of ether oxygens (including phenoxy) is 1.